The van der Waals surface area contributed by atoms with Gasteiger partial charge < -0.3 is 4.74 Å². The number of aromatic nitrogens is 2. The first-order chi connectivity index (χ1) is 13.4. The molecular formula is C21H21Cl2N3O2. The molecule has 0 atom stereocenters. The van der Waals surface area contributed by atoms with Crippen molar-refractivity contribution in [2.75, 3.05) is 7.11 Å². The predicted molar refractivity (Wildman–Crippen MR) is 115 cm³/mol. The van der Waals surface area contributed by atoms with E-state index in [1.54, 1.807) is 25.3 Å². The third-order valence-corrected chi connectivity index (χ3v) is 5.10. The standard InChI is InChI=1S/C21H21Cl2N3O2/c1-4-5-19-20(13(2)24-14-6-11-17(22)18(23)12-14)21(27)26(25-19)15-7-9-16(28-3)10-8-15/h6-12,25H,4-5H2,1-3H3. The molecule has 0 aliphatic carbocycles. The van der Waals surface area contributed by atoms with Gasteiger partial charge in [0.15, 0.2) is 0 Å². The summed E-state index contributed by atoms with van der Waals surface area (Å²) >= 11 is 12.1. The first kappa shape index (κ1) is 20.2. The van der Waals surface area contributed by atoms with E-state index in [0.717, 1.165) is 30.0 Å². The van der Waals surface area contributed by atoms with Crippen molar-refractivity contribution in [3.05, 3.63) is 74.1 Å². The second-order valence-electron chi connectivity index (χ2n) is 6.35. The Morgan fingerprint density at radius 2 is 1.86 bits per heavy atom. The maximum Gasteiger partial charge on any atom is 0.280 e. The van der Waals surface area contributed by atoms with E-state index in [2.05, 4.69) is 17.0 Å². The summed E-state index contributed by atoms with van der Waals surface area (Å²) in [5.41, 5.74) is 3.28. The molecule has 0 saturated heterocycles. The fourth-order valence-corrected chi connectivity index (χ4v) is 3.30. The van der Waals surface area contributed by atoms with E-state index in [0.29, 0.717) is 27.0 Å². The zero-order chi connectivity index (χ0) is 20.3. The molecule has 0 saturated carbocycles. The lowest BCUT2D eigenvalue weighted by molar-refractivity contribution is 0.414. The van der Waals surface area contributed by atoms with Gasteiger partial charge in [-0.1, -0.05) is 36.5 Å². The Morgan fingerprint density at radius 3 is 2.46 bits per heavy atom. The van der Waals surface area contributed by atoms with Gasteiger partial charge in [0.25, 0.3) is 5.56 Å². The van der Waals surface area contributed by atoms with Gasteiger partial charge in [-0.05, 0) is 55.8 Å². The highest BCUT2D eigenvalue weighted by Gasteiger charge is 2.17. The Bertz CT molecular complexity index is 1070. The van der Waals surface area contributed by atoms with Gasteiger partial charge in [-0.2, -0.15) is 0 Å². The van der Waals surface area contributed by atoms with Crippen LogP contribution in [0.4, 0.5) is 5.69 Å². The zero-order valence-electron chi connectivity index (χ0n) is 15.9. The maximum atomic E-state index is 13.1. The van der Waals surface area contributed by atoms with Gasteiger partial charge in [-0.15, -0.1) is 0 Å². The number of halogens is 2. The van der Waals surface area contributed by atoms with Gasteiger partial charge in [0.05, 0.1) is 39.8 Å². The number of H-pyrrole nitrogens is 1. The first-order valence-electron chi connectivity index (χ1n) is 8.93. The largest absolute Gasteiger partial charge is 0.497 e. The van der Waals surface area contributed by atoms with Crippen molar-refractivity contribution in [1.29, 1.82) is 0 Å². The number of hydrogen-bond acceptors (Lipinski definition) is 3. The molecule has 0 fully saturated rings. The molecule has 5 nitrogen and oxygen atoms in total. The van der Waals surface area contributed by atoms with E-state index in [1.165, 1.54) is 4.68 Å². The Balaban J connectivity index is 2.08. The summed E-state index contributed by atoms with van der Waals surface area (Å²) in [6.45, 7) is 3.89. The molecule has 1 N–H and O–H groups in total. The van der Waals surface area contributed by atoms with Crippen LogP contribution in [0.1, 0.15) is 31.5 Å². The molecule has 0 amide bonds. The zero-order valence-corrected chi connectivity index (χ0v) is 17.4. The minimum atomic E-state index is -0.144. The SMILES string of the molecule is CCCc1[nH]n(-c2ccc(OC)cc2)c(=O)c1C(C)=Nc1ccc(Cl)c(Cl)c1. The van der Waals surface area contributed by atoms with Gasteiger partial charge >= 0.3 is 0 Å². The fraction of sp³-hybridized carbons (Fsp3) is 0.238. The summed E-state index contributed by atoms with van der Waals surface area (Å²) in [4.78, 5) is 17.7. The molecule has 1 aromatic heterocycles. The monoisotopic (exact) mass is 417 g/mol. The van der Waals surface area contributed by atoms with Crippen LogP contribution in [-0.4, -0.2) is 22.6 Å². The smallest absolute Gasteiger partial charge is 0.280 e. The van der Waals surface area contributed by atoms with Crippen LogP contribution in [-0.2, 0) is 6.42 Å². The van der Waals surface area contributed by atoms with Crippen LogP contribution >= 0.6 is 23.2 Å². The molecule has 0 unspecified atom stereocenters. The molecule has 146 valence electrons. The van der Waals surface area contributed by atoms with Gasteiger partial charge in [0, 0.05) is 5.69 Å². The molecule has 1 heterocycles. The van der Waals surface area contributed by atoms with Crippen molar-refractivity contribution in [3.8, 4) is 11.4 Å². The average Bonchev–Trinajstić information content (AvgIpc) is 3.01. The van der Waals surface area contributed by atoms with Gasteiger partial charge in [0.2, 0.25) is 0 Å². The third-order valence-electron chi connectivity index (χ3n) is 4.36. The molecule has 2 aromatic carbocycles. The molecule has 0 radical (unpaired) electrons. The lowest BCUT2D eigenvalue weighted by atomic mass is 10.1. The fourth-order valence-electron chi connectivity index (χ4n) is 3.00. The molecule has 3 aromatic rings. The van der Waals surface area contributed by atoms with E-state index in [9.17, 15) is 4.79 Å². The van der Waals surface area contributed by atoms with Crippen LogP contribution in [0.25, 0.3) is 5.69 Å². The number of nitrogens with zero attached hydrogens (tertiary/aromatic N) is 2. The number of rotatable bonds is 6. The minimum absolute atomic E-state index is 0.144. The molecule has 0 aliphatic rings. The molecule has 0 aliphatic heterocycles. The minimum Gasteiger partial charge on any atom is -0.497 e. The highest BCUT2D eigenvalue weighted by atomic mass is 35.5. The molecule has 28 heavy (non-hydrogen) atoms. The quantitative estimate of drug-likeness (QED) is 0.532. The first-order valence-corrected chi connectivity index (χ1v) is 9.69. The number of ether oxygens (including phenoxy) is 1. The average molecular weight is 418 g/mol. The lowest BCUT2D eigenvalue weighted by Gasteiger charge is -2.03. The number of nitrogens with one attached hydrogen (secondary N) is 1. The van der Waals surface area contributed by atoms with Crippen LogP contribution < -0.4 is 10.3 Å². The van der Waals surface area contributed by atoms with Crippen molar-refractivity contribution in [3.63, 3.8) is 0 Å². The van der Waals surface area contributed by atoms with E-state index in [-0.39, 0.29) is 5.56 Å². The number of methoxy groups -OCH3 is 1. The normalized spacial score (nSPS) is 11.7. The second kappa shape index (κ2) is 8.67. The van der Waals surface area contributed by atoms with Crippen molar-refractivity contribution in [2.24, 2.45) is 4.99 Å². The Labute approximate surface area is 173 Å². The number of aliphatic imine (C=N–C) groups is 1. The topological polar surface area (TPSA) is 59.4 Å². The van der Waals surface area contributed by atoms with Crippen molar-refractivity contribution >= 4 is 34.6 Å². The number of aromatic amines is 1. The van der Waals surface area contributed by atoms with Crippen LogP contribution in [0.2, 0.25) is 10.0 Å². The van der Waals surface area contributed by atoms with Crippen molar-refractivity contribution in [1.82, 2.24) is 9.78 Å². The molecule has 3 rings (SSSR count). The highest BCUT2D eigenvalue weighted by molar-refractivity contribution is 6.42. The molecule has 0 spiro atoms. The summed E-state index contributed by atoms with van der Waals surface area (Å²) in [5.74, 6) is 0.731. The van der Waals surface area contributed by atoms with E-state index in [4.69, 9.17) is 27.9 Å². The van der Waals surface area contributed by atoms with E-state index in [1.807, 2.05) is 31.2 Å². The summed E-state index contributed by atoms with van der Waals surface area (Å²) in [6.07, 6.45) is 1.64. The maximum absolute atomic E-state index is 13.1. The third kappa shape index (κ3) is 4.16. The number of hydrogen-bond donors (Lipinski definition) is 1. The van der Waals surface area contributed by atoms with Gasteiger partial charge in [-0.25, -0.2) is 4.68 Å². The Morgan fingerprint density at radius 1 is 1.14 bits per heavy atom. The van der Waals surface area contributed by atoms with Crippen LogP contribution in [0.15, 0.2) is 52.3 Å². The van der Waals surface area contributed by atoms with Gasteiger partial charge in [0.1, 0.15) is 5.75 Å². The lowest BCUT2D eigenvalue weighted by Crippen LogP contribution is -2.19. The Hall–Kier alpha value is -2.50. The Kier molecular flexibility index (Phi) is 6.27. The van der Waals surface area contributed by atoms with E-state index < -0.39 is 0 Å². The molecule has 7 heteroatoms. The molecule has 0 bridgehead atoms. The highest BCUT2D eigenvalue weighted by Crippen LogP contribution is 2.27. The predicted octanol–water partition coefficient (Wildman–Crippen LogP) is 5.57. The summed E-state index contributed by atoms with van der Waals surface area (Å²) in [7, 11) is 1.61. The van der Waals surface area contributed by atoms with Crippen LogP contribution in [0, 0.1) is 0 Å². The molecular weight excluding hydrogens is 397 g/mol. The van der Waals surface area contributed by atoms with Crippen LogP contribution in [0.5, 0.6) is 5.75 Å². The summed E-state index contributed by atoms with van der Waals surface area (Å²) in [6, 6.07) is 12.4. The number of benzene rings is 2. The summed E-state index contributed by atoms with van der Waals surface area (Å²) in [5, 5.41) is 4.12. The van der Waals surface area contributed by atoms with Crippen molar-refractivity contribution < 1.29 is 4.74 Å². The van der Waals surface area contributed by atoms with Crippen LogP contribution in [0.3, 0.4) is 0 Å². The van der Waals surface area contributed by atoms with Gasteiger partial charge in [-0.3, -0.25) is 14.9 Å². The van der Waals surface area contributed by atoms with E-state index >= 15 is 0 Å². The van der Waals surface area contributed by atoms with Crippen molar-refractivity contribution in [2.45, 2.75) is 26.7 Å². The number of aryl methyl sites for hydroxylation is 1. The second-order valence-corrected chi connectivity index (χ2v) is 7.16. The summed E-state index contributed by atoms with van der Waals surface area (Å²) < 4.78 is 6.72.